The number of anilines is 1. The van der Waals surface area contributed by atoms with E-state index >= 15 is 0 Å². The molecule has 2 aliphatic heterocycles. The number of rotatable bonds is 1. The summed E-state index contributed by atoms with van der Waals surface area (Å²) in [6.45, 7) is 7.61. The largest absolute Gasteiger partial charge is 0.454 e. The zero-order valence-corrected chi connectivity index (χ0v) is 11.6. The molecule has 2 heterocycles. The van der Waals surface area contributed by atoms with Crippen LogP contribution in [0.15, 0.2) is 18.2 Å². The monoisotopic (exact) mass is 261 g/mol. The SMILES string of the molecule is CC(C)(C)C1CC(=O)N(c2ccc3c(c2)OCO3)C1. The Labute approximate surface area is 113 Å². The summed E-state index contributed by atoms with van der Waals surface area (Å²) in [6, 6.07) is 5.69. The fraction of sp³-hybridized carbons (Fsp3) is 0.533. The van der Waals surface area contributed by atoms with Crippen LogP contribution in [-0.4, -0.2) is 19.2 Å². The van der Waals surface area contributed by atoms with Crippen LogP contribution in [0.5, 0.6) is 11.5 Å². The molecule has 0 aromatic heterocycles. The number of amides is 1. The van der Waals surface area contributed by atoms with E-state index in [1.807, 2.05) is 23.1 Å². The number of nitrogens with zero attached hydrogens (tertiary/aromatic N) is 1. The molecule has 1 atom stereocenters. The first-order valence-electron chi connectivity index (χ1n) is 6.65. The summed E-state index contributed by atoms with van der Waals surface area (Å²) < 4.78 is 10.7. The highest BCUT2D eigenvalue weighted by atomic mass is 16.7. The third kappa shape index (κ3) is 2.15. The summed E-state index contributed by atoms with van der Waals surface area (Å²) >= 11 is 0. The van der Waals surface area contributed by atoms with Crippen LogP contribution in [0.2, 0.25) is 0 Å². The Kier molecular flexibility index (Phi) is 2.69. The van der Waals surface area contributed by atoms with Crippen LogP contribution >= 0.6 is 0 Å². The first-order chi connectivity index (χ1) is 8.95. The lowest BCUT2D eigenvalue weighted by Crippen LogP contribution is -2.27. The predicted octanol–water partition coefficient (Wildman–Crippen LogP) is 2.81. The maximum Gasteiger partial charge on any atom is 0.231 e. The van der Waals surface area contributed by atoms with Gasteiger partial charge in [0.2, 0.25) is 12.7 Å². The molecule has 0 bridgehead atoms. The summed E-state index contributed by atoms with van der Waals surface area (Å²) in [4.78, 5) is 14.0. The molecule has 2 aliphatic rings. The van der Waals surface area contributed by atoms with E-state index in [0.29, 0.717) is 12.3 Å². The zero-order chi connectivity index (χ0) is 13.6. The van der Waals surface area contributed by atoms with Crippen molar-refractivity contribution >= 4 is 11.6 Å². The second-order valence-corrected chi connectivity index (χ2v) is 6.31. The summed E-state index contributed by atoms with van der Waals surface area (Å²) in [7, 11) is 0. The molecule has 0 radical (unpaired) electrons. The van der Waals surface area contributed by atoms with Crippen molar-refractivity contribution in [2.75, 3.05) is 18.2 Å². The normalized spacial score (nSPS) is 22.2. The van der Waals surface area contributed by atoms with Gasteiger partial charge in [-0.2, -0.15) is 0 Å². The number of ether oxygens (including phenoxy) is 2. The lowest BCUT2D eigenvalue weighted by molar-refractivity contribution is -0.117. The second-order valence-electron chi connectivity index (χ2n) is 6.31. The average Bonchev–Trinajstić information content (AvgIpc) is 2.92. The molecule has 1 amide bonds. The van der Waals surface area contributed by atoms with Crippen LogP contribution in [0.4, 0.5) is 5.69 Å². The fourth-order valence-corrected chi connectivity index (χ4v) is 2.59. The minimum absolute atomic E-state index is 0.154. The molecule has 0 N–H and O–H groups in total. The molecule has 0 saturated carbocycles. The van der Waals surface area contributed by atoms with E-state index in [4.69, 9.17) is 9.47 Å². The highest BCUT2D eigenvalue weighted by Crippen LogP contribution is 2.40. The molecule has 0 spiro atoms. The highest BCUT2D eigenvalue weighted by Gasteiger charge is 2.37. The Morgan fingerprint density at radius 1 is 1.21 bits per heavy atom. The van der Waals surface area contributed by atoms with Crippen LogP contribution in [0.1, 0.15) is 27.2 Å². The van der Waals surface area contributed by atoms with Gasteiger partial charge >= 0.3 is 0 Å². The number of fused-ring (bicyclic) bond motifs is 1. The summed E-state index contributed by atoms with van der Waals surface area (Å²) in [5.41, 5.74) is 1.06. The highest BCUT2D eigenvalue weighted by molar-refractivity contribution is 5.96. The van der Waals surface area contributed by atoms with E-state index in [1.165, 1.54) is 0 Å². The summed E-state index contributed by atoms with van der Waals surface area (Å²) in [6.07, 6.45) is 0.623. The van der Waals surface area contributed by atoms with Crippen LogP contribution in [-0.2, 0) is 4.79 Å². The molecule has 4 heteroatoms. The van der Waals surface area contributed by atoms with Crippen molar-refractivity contribution < 1.29 is 14.3 Å². The Morgan fingerprint density at radius 3 is 2.63 bits per heavy atom. The second kappa shape index (κ2) is 4.15. The third-order valence-electron chi connectivity index (χ3n) is 4.02. The minimum Gasteiger partial charge on any atom is -0.454 e. The lowest BCUT2D eigenvalue weighted by Gasteiger charge is -2.26. The van der Waals surface area contributed by atoms with Crippen molar-refractivity contribution in [3.8, 4) is 11.5 Å². The van der Waals surface area contributed by atoms with Gasteiger partial charge in [-0.15, -0.1) is 0 Å². The maximum absolute atomic E-state index is 12.2. The Morgan fingerprint density at radius 2 is 1.95 bits per heavy atom. The Hall–Kier alpha value is -1.71. The van der Waals surface area contributed by atoms with Crippen molar-refractivity contribution in [3.63, 3.8) is 0 Å². The Bertz CT molecular complexity index is 519. The van der Waals surface area contributed by atoms with Gasteiger partial charge in [0.1, 0.15) is 0 Å². The average molecular weight is 261 g/mol. The predicted molar refractivity (Wildman–Crippen MR) is 72.5 cm³/mol. The molecule has 1 saturated heterocycles. The van der Waals surface area contributed by atoms with E-state index in [0.717, 1.165) is 23.7 Å². The van der Waals surface area contributed by atoms with E-state index < -0.39 is 0 Å². The molecule has 102 valence electrons. The van der Waals surface area contributed by atoms with Gasteiger partial charge in [-0.05, 0) is 23.5 Å². The van der Waals surface area contributed by atoms with Gasteiger partial charge in [0.05, 0.1) is 0 Å². The van der Waals surface area contributed by atoms with Crippen molar-refractivity contribution in [1.29, 1.82) is 0 Å². The van der Waals surface area contributed by atoms with Crippen LogP contribution in [0, 0.1) is 11.3 Å². The molecule has 4 nitrogen and oxygen atoms in total. The topological polar surface area (TPSA) is 38.8 Å². The molecule has 1 unspecified atom stereocenters. The minimum atomic E-state index is 0.154. The summed E-state index contributed by atoms with van der Waals surface area (Å²) in [5, 5.41) is 0. The molecule has 1 fully saturated rings. The van der Waals surface area contributed by atoms with Crippen molar-refractivity contribution in [1.82, 2.24) is 0 Å². The van der Waals surface area contributed by atoms with Gasteiger partial charge < -0.3 is 14.4 Å². The van der Waals surface area contributed by atoms with Gasteiger partial charge in [-0.25, -0.2) is 0 Å². The van der Waals surface area contributed by atoms with E-state index in [-0.39, 0.29) is 18.1 Å². The van der Waals surface area contributed by atoms with Crippen LogP contribution in [0.25, 0.3) is 0 Å². The first kappa shape index (κ1) is 12.3. The first-order valence-corrected chi connectivity index (χ1v) is 6.65. The number of benzene rings is 1. The van der Waals surface area contributed by atoms with Crippen molar-refractivity contribution in [2.45, 2.75) is 27.2 Å². The smallest absolute Gasteiger partial charge is 0.231 e. The van der Waals surface area contributed by atoms with E-state index in [2.05, 4.69) is 20.8 Å². The molecule has 1 aromatic carbocycles. The standard InChI is InChI=1S/C15H19NO3/c1-15(2,3)10-6-14(17)16(8-10)11-4-5-12-13(7-11)19-9-18-12/h4-5,7,10H,6,8-9H2,1-3H3. The molecular formula is C15H19NO3. The quantitative estimate of drug-likeness (QED) is 0.780. The molecule has 0 aliphatic carbocycles. The molecule has 3 rings (SSSR count). The van der Waals surface area contributed by atoms with Gasteiger partial charge in [-0.1, -0.05) is 20.8 Å². The molecular weight excluding hydrogens is 242 g/mol. The zero-order valence-electron chi connectivity index (χ0n) is 11.6. The number of hydrogen-bond donors (Lipinski definition) is 0. The number of carbonyl (C=O) groups excluding carboxylic acids is 1. The maximum atomic E-state index is 12.2. The Balaban J connectivity index is 1.85. The lowest BCUT2D eigenvalue weighted by atomic mass is 9.80. The van der Waals surface area contributed by atoms with Gasteiger partial charge in [-0.3, -0.25) is 4.79 Å². The fourth-order valence-electron chi connectivity index (χ4n) is 2.59. The number of hydrogen-bond acceptors (Lipinski definition) is 3. The van der Waals surface area contributed by atoms with E-state index in [1.54, 1.807) is 0 Å². The van der Waals surface area contributed by atoms with Crippen molar-refractivity contribution in [2.24, 2.45) is 11.3 Å². The van der Waals surface area contributed by atoms with Crippen LogP contribution < -0.4 is 14.4 Å². The summed E-state index contributed by atoms with van der Waals surface area (Å²) in [5.74, 6) is 2.07. The molecule has 1 aromatic rings. The van der Waals surface area contributed by atoms with Crippen molar-refractivity contribution in [3.05, 3.63) is 18.2 Å². The number of carbonyl (C=O) groups is 1. The van der Waals surface area contributed by atoms with E-state index in [9.17, 15) is 4.79 Å². The third-order valence-corrected chi connectivity index (χ3v) is 4.02. The molecule has 19 heavy (non-hydrogen) atoms. The van der Waals surface area contributed by atoms with Crippen LogP contribution in [0.3, 0.4) is 0 Å². The van der Waals surface area contributed by atoms with Gasteiger partial charge in [0, 0.05) is 24.7 Å². The van der Waals surface area contributed by atoms with Gasteiger partial charge in [0.25, 0.3) is 0 Å². The van der Waals surface area contributed by atoms with Gasteiger partial charge in [0.15, 0.2) is 11.5 Å².